The van der Waals surface area contributed by atoms with Crippen molar-refractivity contribution in [2.24, 2.45) is 0 Å². The van der Waals surface area contributed by atoms with Crippen LogP contribution in [0.3, 0.4) is 0 Å². The summed E-state index contributed by atoms with van der Waals surface area (Å²) in [6, 6.07) is 20.9. The average Bonchev–Trinajstić information content (AvgIpc) is 3.15. The zero-order chi connectivity index (χ0) is 20.4. The van der Waals surface area contributed by atoms with Gasteiger partial charge in [0.25, 0.3) is 0 Å². The fraction of sp³-hybridized carbons (Fsp3) is 0.0455. The van der Waals surface area contributed by atoms with Gasteiger partial charge in [-0.1, -0.05) is 35.9 Å². The summed E-state index contributed by atoms with van der Waals surface area (Å²) in [5.74, 6) is -0.332. The number of anilines is 2. The molecule has 0 aliphatic carbocycles. The van der Waals surface area contributed by atoms with Gasteiger partial charge in [0, 0.05) is 11.3 Å². The Bertz CT molecular complexity index is 1230. The summed E-state index contributed by atoms with van der Waals surface area (Å²) in [6.07, 6.45) is 0. The summed E-state index contributed by atoms with van der Waals surface area (Å²) < 4.78 is 45.4. The Morgan fingerprint density at radius 1 is 0.897 bits per heavy atom. The molecule has 1 aromatic heterocycles. The number of sulfone groups is 1. The molecule has 1 heterocycles. The van der Waals surface area contributed by atoms with Gasteiger partial charge in [0.05, 0.1) is 4.90 Å². The van der Waals surface area contributed by atoms with Crippen LogP contribution in [0.5, 0.6) is 0 Å². The summed E-state index contributed by atoms with van der Waals surface area (Å²) in [7, 11) is -3.93. The highest BCUT2D eigenvalue weighted by Gasteiger charge is 2.28. The van der Waals surface area contributed by atoms with E-state index in [4.69, 9.17) is 4.42 Å². The van der Waals surface area contributed by atoms with Crippen LogP contribution in [-0.2, 0) is 9.84 Å². The minimum absolute atomic E-state index is 0.00275. The molecule has 0 fully saturated rings. The van der Waals surface area contributed by atoms with E-state index in [1.165, 1.54) is 36.4 Å². The molecule has 3 aromatic carbocycles. The third-order valence-electron chi connectivity index (χ3n) is 4.30. The second kappa shape index (κ2) is 7.52. The maximum Gasteiger partial charge on any atom is 0.238 e. The SMILES string of the molecule is Cc1ccc(Nc2oc(-c3ccc(F)cc3)nc2S(=O)(=O)c2ccccc2)cc1. The smallest absolute Gasteiger partial charge is 0.238 e. The molecule has 29 heavy (non-hydrogen) atoms. The maximum absolute atomic E-state index is 13.3. The van der Waals surface area contributed by atoms with Crippen LogP contribution in [0.2, 0.25) is 0 Å². The Balaban J connectivity index is 1.83. The molecule has 0 spiro atoms. The molecule has 0 bridgehead atoms. The topological polar surface area (TPSA) is 72.2 Å². The number of oxazole rings is 1. The van der Waals surface area contributed by atoms with Gasteiger partial charge in [-0.15, -0.1) is 0 Å². The monoisotopic (exact) mass is 408 g/mol. The first-order chi connectivity index (χ1) is 13.9. The summed E-state index contributed by atoms with van der Waals surface area (Å²) in [6.45, 7) is 1.95. The van der Waals surface area contributed by atoms with Gasteiger partial charge in [-0.25, -0.2) is 12.8 Å². The number of aryl methyl sites for hydroxylation is 1. The lowest BCUT2D eigenvalue weighted by Gasteiger charge is -2.06. The predicted molar refractivity (Wildman–Crippen MR) is 108 cm³/mol. The molecule has 146 valence electrons. The molecule has 7 heteroatoms. The second-order valence-electron chi connectivity index (χ2n) is 6.47. The van der Waals surface area contributed by atoms with Crippen molar-refractivity contribution in [2.45, 2.75) is 16.8 Å². The number of nitrogens with zero attached hydrogens (tertiary/aromatic N) is 1. The minimum Gasteiger partial charge on any atom is -0.419 e. The number of hydrogen-bond donors (Lipinski definition) is 1. The van der Waals surface area contributed by atoms with Crippen molar-refractivity contribution in [1.82, 2.24) is 4.98 Å². The molecule has 5 nitrogen and oxygen atoms in total. The van der Waals surface area contributed by atoms with Crippen LogP contribution in [0.15, 0.2) is 93.2 Å². The number of halogens is 1. The number of nitrogens with one attached hydrogen (secondary N) is 1. The first-order valence-corrected chi connectivity index (χ1v) is 10.3. The Labute approximate surface area is 167 Å². The van der Waals surface area contributed by atoms with Crippen molar-refractivity contribution in [3.8, 4) is 11.5 Å². The van der Waals surface area contributed by atoms with E-state index < -0.39 is 15.7 Å². The van der Waals surface area contributed by atoms with Crippen molar-refractivity contribution in [1.29, 1.82) is 0 Å². The van der Waals surface area contributed by atoms with Crippen molar-refractivity contribution in [3.05, 3.63) is 90.2 Å². The van der Waals surface area contributed by atoms with E-state index in [9.17, 15) is 12.8 Å². The molecule has 0 unspecified atom stereocenters. The van der Waals surface area contributed by atoms with E-state index in [0.717, 1.165) is 5.56 Å². The molecule has 0 aliphatic heterocycles. The number of benzene rings is 3. The van der Waals surface area contributed by atoms with Crippen LogP contribution in [0.1, 0.15) is 5.56 Å². The lowest BCUT2D eigenvalue weighted by molar-refractivity contribution is 0.581. The van der Waals surface area contributed by atoms with Crippen LogP contribution < -0.4 is 5.32 Å². The Morgan fingerprint density at radius 2 is 1.55 bits per heavy atom. The standard InChI is InChI=1S/C22H17FN2O3S/c1-15-7-13-18(14-8-15)24-21-22(29(26,27)19-5-3-2-4-6-19)25-20(28-21)16-9-11-17(23)12-10-16/h2-14,24H,1H3. The Hall–Kier alpha value is -3.45. The fourth-order valence-corrected chi connectivity index (χ4v) is 4.04. The van der Waals surface area contributed by atoms with Gasteiger partial charge < -0.3 is 9.73 Å². The molecular formula is C22H17FN2O3S. The number of aromatic nitrogens is 1. The van der Waals surface area contributed by atoms with Gasteiger partial charge in [-0.2, -0.15) is 4.98 Å². The van der Waals surface area contributed by atoms with E-state index in [1.54, 1.807) is 18.2 Å². The molecule has 0 radical (unpaired) electrons. The van der Waals surface area contributed by atoms with Crippen molar-refractivity contribution >= 4 is 21.4 Å². The molecule has 4 aromatic rings. The van der Waals surface area contributed by atoms with E-state index in [2.05, 4.69) is 10.3 Å². The van der Waals surface area contributed by atoms with Gasteiger partial charge >= 0.3 is 0 Å². The maximum atomic E-state index is 13.3. The second-order valence-corrected chi connectivity index (χ2v) is 8.33. The van der Waals surface area contributed by atoms with Gasteiger partial charge in [-0.05, 0) is 55.5 Å². The summed E-state index contributed by atoms with van der Waals surface area (Å²) in [5, 5.41) is 2.76. The summed E-state index contributed by atoms with van der Waals surface area (Å²) in [4.78, 5) is 4.34. The largest absolute Gasteiger partial charge is 0.419 e. The average molecular weight is 408 g/mol. The molecule has 0 amide bonds. The predicted octanol–water partition coefficient (Wildman–Crippen LogP) is 5.37. The normalized spacial score (nSPS) is 11.4. The Kier molecular flexibility index (Phi) is 4.90. The van der Waals surface area contributed by atoms with E-state index in [0.29, 0.717) is 11.3 Å². The quantitative estimate of drug-likeness (QED) is 0.481. The van der Waals surface area contributed by atoms with Crippen LogP contribution in [-0.4, -0.2) is 13.4 Å². The fourth-order valence-electron chi connectivity index (χ4n) is 2.76. The lowest BCUT2D eigenvalue weighted by Crippen LogP contribution is -2.05. The van der Waals surface area contributed by atoms with E-state index in [-0.39, 0.29) is 21.7 Å². The van der Waals surface area contributed by atoms with Crippen LogP contribution in [0.4, 0.5) is 16.0 Å². The van der Waals surface area contributed by atoms with E-state index in [1.807, 2.05) is 31.2 Å². The molecule has 4 rings (SSSR count). The van der Waals surface area contributed by atoms with E-state index >= 15 is 0 Å². The van der Waals surface area contributed by atoms with Gasteiger partial charge in [0.2, 0.25) is 26.6 Å². The molecule has 0 saturated heterocycles. The van der Waals surface area contributed by atoms with Crippen LogP contribution >= 0.6 is 0 Å². The minimum atomic E-state index is -3.93. The zero-order valence-electron chi connectivity index (χ0n) is 15.5. The molecule has 0 aliphatic rings. The first-order valence-electron chi connectivity index (χ1n) is 8.84. The molecule has 1 N–H and O–H groups in total. The van der Waals surface area contributed by atoms with Crippen LogP contribution in [0, 0.1) is 12.7 Å². The molecule has 0 saturated carbocycles. The first kappa shape index (κ1) is 18.9. The highest BCUT2D eigenvalue weighted by atomic mass is 32.2. The Morgan fingerprint density at radius 3 is 2.21 bits per heavy atom. The molecular weight excluding hydrogens is 391 g/mol. The zero-order valence-corrected chi connectivity index (χ0v) is 16.3. The summed E-state index contributed by atoms with van der Waals surface area (Å²) >= 11 is 0. The number of hydrogen-bond acceptors (Lipinski definition) is 5. The number of rotatable bonds is 5. The van der Waals surface area contributed by atoms with Crippen molar-refractivity contribution < 1.29 is 17.2 Å². The lowest BCUT2D eigenvalue weighted by atomic mass is 10.2. The van der Waals surface area contributed by atoms with Gasteiger partial charge in [0.15, 0.2) is 0 Å². The van der Waals surface area contributed by atoms with Crippen LogP contribution in [0.25, 0.3) is 11.5 Å². The third kappa shape index (κ3) is 3.90. The van der Waals surface area contributed by atoms with Gasteiger partial charge in [-0.3, -0.25) is 0 Å². The van der Waals surface area contributed by atoms with Gasteiger partial charge in [0.1, 0.15) is 5.82 Å². The third-order valence-corrected chi connectivity index (χ3v) is 5.98. The molecule has 0 atom stereocenters. The highest BCUT2D eigenvalue weighted by Crippen LogP contribution is 2.34. The summed E-state index contributed by atoms with van der Waals surface area (Å²) in [5.41, 5.74) is 2.19. The van der Waals surface area contributed by atoms with Crippen molar-refractivity contribution in [3.63, 3.8) is 0 Å². The van der Waals surface area contributed by atoms with Crippen molar-refractivity contribution in [2.75, 3.05) is 5.32 Å². The highest BCUT2D eigenvalue weighted by molar-refractivity contribution is 7.91.